The fourth-order valence-electron chi connectivity index (χ4n) is 5.54. The van der Waals surface area contributed by atoms with Crippen molar-refractivity contribution in [1.29, 1.82) is 0 Å². The van der Waals surface area contributed by atoms with Crippen LogP contribution in [-0.4, -0.2) is 29.0 Å². The predicted molar refractivity (Wildman–Crippen MR) is 124 cm³/mol. The second kappa shape index (κ2) is 7.19. The van der Waals surface area contributed by atoms with Gasteiger partial charge >= 0.3 is 0 Å². The number of Topliss-reactive ketones (excluding diaryl/α,β-unsaturated/α-hetero) is 2. The molecule has 168 valence electrons. The molecule has 0 N–H and O–H groups in total. The first-order valence-corrected chi connectivity index (χ1v) is 11.3. The number of hydrogen-bond donors (Lipinski definition) is 0. The van der Waals surface area contributed by atoms with Crippen molar-refractivity contribution in [2.24, 2.45) is 11.8 Å². The number of ether oxygens (including phenoxy) is 1. The summed E-state index contributed by atoms with van der Waals surface area (Å²) in [6, 6.07) is 20.3. The molecule has 1 spiro atoms. The maximum absolute atomic E-state index is 13.9. The molecule has 3 aromatic carbocycles. The number of imide groups is 1. The van der Waals surface area contributed by atoms with Gasteiger partial charge in [0.1, 0.15) is 0 Å². The van der Waals surface area contributed by atoms with Gasteiger partial charge in [-0.15, -0.1) is 0 Å². The van der Waals surface area contributed by atoms with Crippen LogP contribution in [0, 0.1) is 18.8 Å². The van der Waals surface area contributed by atoms with Gasteiger partial charge in [0.05, 0.1) is 23.6 Å². The summed E-state index contributed by atoms with van der Waals surface area (Å²) in [5.41, 5.74) is -0.145. The van der Waals surface area contributed by atoms with Gasteiger partial charge in [-0.2, -0.15) is 0 Å². The smallest absolute Gasteiger partial charge is 0.241 e. The Hall–Kier alpha value is -3.61. The van der Waals surface area contributed by atoms with Crippen LogP contribution in [0.3, 0.4) is 0 Å². The first-order valence-electron chi connectivity index (χ1n) is 10.9. The third-order valence-electron chi connectivity index (χ3n) is 7.13. The number of halogens is 1. The molecule has 0 aromatic heterocycles. The maximum Gasteiger partial charge on any atom is 0.241 e. The number of ketones is 2. The lowest BCUT2D eigenvalue weighted by Gasteiger charge is -2.27. The Kier molecular flexibility index (Phi) is 4.43. The minimum absolute atomic E-state index is 0.206. The van der Waals surface area contributed by atoms with Crippen molar-refractivity contribution in [2.45, 2.75) is 18.6 Å². The lowest BCUT2D eigenvalue weighted by molar-refractivity contribution is -0.127. The topological polar surface area (TPSA) is 80.8 Å². The van der Waals surface area contributed by atoms with Crippen LogP contribution in [0.25, 0.3) is 0 Å². The number of fused-ring (bicyclic) bond motifs is 3. The molecular weight excluding hydrogens is 454 g/mol. The van der Waals surface area contributed by atoms with Crippen LogP contribution in [0.4, 0.5) is 5.69 Å². The molecule has 2 fully saturated rings. The molecule has 3 aliphatic rings. The number of carbonyl (C=O) groups excluding carboxylic acids is 4. The zero-order valence-electron chi connectivity index (χ0n) is 18.0. The van der Waals surface area contributed by atoms with E-state index in [-0.39, 0.29) is 11.1 Å². The molecule has 1 aliphatic carbocycles. The number of rotatable bonds is 2. The van der Waals surface area contributed by atoms with Gasteiger partial charge in [-0.1, -0.05) is 72.3 Å². The normalized spacial score (nSPS) is 24.8. The lowest BCUT2D eigenvalue weighted by atomic mass is 9.77. The summed E-state index contributed by atoms with van der Waals surface area (Å²) in [5, 5.41) is 0.404. The highest BCUT2D eigenvalue weighted by Crippen LogP contribution is 2.57. The first-order chi connectivity index (χ1) is 16.4. The molecule has 2 saturated heterocycles. The summed E-state index contributed by atoms with van der Waals surface area (Å²) in [6.45, 7) is 1.72. The van der Waals surface area contributed by atoms with E-state index in [4.69, 9.17) is 16.3 Å². The van der Waals surface area contributed by atoms with Crippen molar-refractivity contribution >= 4 is 40.7 Å². The highest BCUT2D eigenvalue weighted by atomic mass is 35.5. The van der Waals surface area contributed by atoms with Crippen LogP contribution in [-0.2, 0) is 14.3 Å². The lowest BCUT2D eigenvalue weighted by Crippen LogP contribution is -2.51. The second-order valence-electron chi connectivity index (χ2n) is 8.79. The molecule has 2 heterocycles. The zero-order chi connectivity index (χ0) is 23.8. The van der Waals surface area contributed by atoms with E-state index in [1.165, 1.54) is 0 Å². The van der Waals surface area contributed by atoms with Crippen LogP contribution in [0.1, 0.15) is 37.9 Å². The fraction of sp³-hybridized carbons (Fsp3) is 0.185. The van der Waals surface area contributed by atoms with Crippen molar-refractivity contribution in [2.75, 3.05) is 4.90 Å². The van der Waals surface area contributed by atoms with E-state index in [0.717, 1.165) is 4.90 Å². The van der Waals surface area contributed by atoms with Gasteiger partial charge in [0.25, 0.3) is 0 Å². The van der Waals surface area contributed by atoms with E-state index < -0.39 is 46.9 Å². The summed E-state index contributed by atoms with van der Waals surface area (Å²) in [7, 11) is 0. The SMILES string of the molecule is Cc1c(Cl)cccc1N1C(=O)[C@@H]2[C@H](c3ccccc3)OC3(C(=O)c4ccccc4C3=O)[C@H]2C1=O. The van der Waals surface area contributed by atoms with Crippen LogP contribution in [0.5, 0.6) is 0 Å². The average molecular weight is 472 g/mol. The van der Waals surface area contributed by atoms with E-state index in [1.54, 1.807) is 73.7 Å². The molecule has 6 rings (SSSR count). The second-order valence-corrected chi connectivity index (χ2v) is 9.20. The maximum atomic E-state index is 13.9. The quantitative estimate of drug-likeness (QED) is 0.410. The summed E-state index contributed by atoms with van der Waals surface area (Å²) in [5.74, 6) is -4.61. The van der Waals surface area contributed by atoms with Gasteiger partial charge < -0.3 is 4.74 Å². The summed E-state index contributed by atoms with van der Waals surface area (Å²) in [4.78, 5) is 56.3. The van der Waals surface area contributed by atoms with E-state index in [9.17, 15) is 19.2 Å². The predicted octanol–water partition coefficient (Wildman–Crippen LogP) is 4.34. The van der Waals surface area contributed by atoms with Gasteiger partial charge in [-0.05, 0) is 30.2 Å². The van der Waals surface area contributed by atoms with Crippen molar-refractivity contribution < 1.29 is 23.9 Å². The highest BCUT2D eigenvalue weighted by molar-refractivity contribution is 6.37. The summed E-state index contributed by atoms with van der Waals surface area (Å²) >= 11 is 6.28. The van der Waals surface area contributed by atoms with E-state index in [0.29, 0.717) is 21.8 Å². The van der Waals surface area contributed by atoms with Crippen LogP contribution < -0.4 is 4.90 Å². The molecule has 0 saturated carbocycles. The third-order valence-corrected chi connectivity index (χ3v) is 7.54. The van der Waals surface area contributed by atoms with Gasteiger partial charge in [-0.3, -0.25) is 19.2 Å². The van der Waals surface area contributed by atoms with Crippen molar-refractivity contribution in [1.82, 2.24) is 0 Å². The standard InChI is InChI=1S/C27H18ClNO5/c1-14-18(28)12-7-13-19(14)29-25(32)20-21(26(29)33)27(34-22(20)15-8-3-2-4-9-15)23(30)16-10-5-6-11-17(16)24(27)31/h2-13,20-22H,1H3/t20-,21+,22-/m0/s1. The molecule has 3 aromatic rings. The van der Waals surface area contributed by atoms with Gasteiger partial charge in [0, 0.05) is 16.1 Å². The Balaban J connectivity index is 1.57. The Bertz CT molecular complexity index is 1380. The van der Waals surface area contributed by atoms with Crippen molar-refractivity contribution in [3.63, 3.8) is 0 Å². The highest BCUT2D eigenvalue weighted by Gasteiger charge is 2.74. The molecule has 2 amide bonds. The molecule has 0 bridgehead atoms. The molecule has 7 heteroatoms. The zero-order valence-corrected chi connectivity index (χ0v) is 18.8. The molecular formula is C27H18ClNO5. The molecule has 2 aliphatic heterocycles. The Labute approximate surface area is 200 Å². The van der Waals surface area contributed by atoms with Gasteiger partial charge in [0.2, 0.25) is 29.0 Å². The number of carbonyl (C=O) groups is 4. The minimum Gasteiger partial charge on any atom is -0.349 e. The Morgan fingerprint density at radius 3 is 2.06 bits per heavy atom. The van der Waals surface area contributed by atoms with Crippen LogP contribution in [0.15, 0.2) is 72.8 Å². The Morgan fingerprint density at radius 1 is 0.794 bits per heavy atom. The molecule has 6 nitrogen and oxygen atoms in total. The number of anilines is 1. The number of nitrogens with zero attached hydrogens (tertiary/aromatic N) is 1. The van der Waals surface area contributed by atoms with E-state index in [2.05, 4.69) is 0 Å². The van der Waals surface area contributed by atoms with Crippen molar-refractivity contribution in [3.05, 3.63) is 100 Å². The Morgan fingerprint density at radius 2 is 1.41 bits per heavy atom. The number of benzene rings is 3. The largest absolute Gasteiger partial charge is 0.349 e. The number of hydrogen-bond acceptors (Lipinski definition) is 5. The molecule has 3 atom stereocenters. The fourth-order valence-corrected chi connectivity index (χ4v) is 5.71. The summed E-state index contributed by atoms with van der Waals surface area (Å²) < 4.78 is 6.26. The minimum atomic E-state index is -2.08. The summed E-state index contributed by atoms with van der Waals surface area (Å²) in [6.07, 6.45) is -0.936. The molecule has 0 radical (unpaired) electrons. The van der Waals surface area contributed by atoms with Gasteiger partial charge in [0.15, 0.2) is 0 Å². The molecule has 34 heavy (non-hydrogen) atoms. The molecule has 0 unspecified atom stereocenters. The first kappa shape index (κ1) is 21.0. The van der Waals surface area contributed by atoms with Crippen molar-refractivity contribution in [3.8, 4) is 0 Å². The monoisotopic (exact) mass is 471 g/mol. The third kappa shape index (κ3) is 2.50. The average Bonchev–Trinajstić information content (AvgIpc) is 3.42. The van der Waals surface area contributed by atoms with Crippen LogP contribution in [0.2, 0.25) is 5.02 Å². The van der Waals surface area contributed by atoms with E-state index >= 15 is 0 Å². The number of amides is 2. The van der Waals surface area contributed by atoms with E-state index in [1.807, 2.05) is 6.07 Å². The van der Waals surface area contributed by atoms with Crippen LogP contribution >= 0.6 is 11.6 Å². The van der Waals surface area contributed by atoms with Gasteiger partial charge in [-0.25, -0.2) is 4.90 Å².